The zero-order valence-corrected chi connectivity index (χ0v) is 12.3. The molecule has 106 valence electrons. The Morgan fingerprint density at radius 2 is 2.32 bits per heavy atom. The van der Waals surface area contributed by atoms with Gasteiger partial charge in [0.25, 0.3) is 5.91 Å². The Morgan fingerprint density at radius 1 is 1.58 bits per heavy atom. The number of hydrogen-bond donors (Lipinski definition) is 3. The lowest BCUT2D eigenvalue weighted by Crippen LogP contribution is -2.32. The molecule has 0 spiro atoms. The summed E-state index contributed by atoms with van der Waals surface area (Å²) >= 11 is 1.32. The van der Waals surface area contributed by atoms with Crippen LogP contribution in [0.4, 0.5) is 10.9 Å². The lowest BCUT2D eigenvalue weighted by molar-refractivity contribution is 0.0942. The highest BCUT2D eigenvalue weighted by molar-refractivity contribution is 7.18. The highest BCUT2D eigenvalue weighted by Gasteiger charge is 2.25. The standard InChI is InChI=1S/C13H22N4OS/c1-3-6-15-13-17-11(14)10(19-13)12(18)16-8(2)7-9-4-5-9/h8-9H,3-7,14H2,1-2H3,(H,15,17)(H,16,18). The van der Waals surface area contributed by atoms with E-state index in [0.29, 0.717) is 10.7 Å². The van der Waals surface area contributed by atoms with Crippen LogP contribution in [-0.2, 0) is 0 Å². The van der Waals surface area contributed by atoms with Crippen molar-refractivity contribution in [1.29, 1.82) is 0 Å². The highest BCUT2D eigenvalue weighted by atomic mass is 32.1. The number of thiazole rings is 1. The summed E-state index contributed by atoms with van der Waals surface area (Å²) < 4.78 is 0. The zero-order chi connectivity index (χ0) is 13.8. The molecule has 1 aliphatic rings. The Hall–Kier alpha value is -1.30. The molecule has 1 aromatic heterocycles. The van der Waals surface area contributed by atoms with E-state index in [1.165, 1.54) is 24.2 Å². The third kappa shape index (κ3) is 4.09. The van der Waals surface area contributed by atoms with Gasteiger partial charge in [-0.25, -0.2) is 4.98 Å². The van der Waals surface area contributed by atoms with Crippen LogP contribution < -0.4 is 16.4 Å². The molecule has 0 aromatic carbocycles. The van der Waals surface area contributed by atoms with Crippen LogP contribution in [0.5, 0.6) is 0 Å². The molecule has 0 radical (unpaired) electrons. The van der Waals surface area contributed by atoms with E-state index in [9.17, 15) is 4.79 Å². The van der Waals surface area contributed by atoms with Crippen LogP contribution in [0.15, 0.2) is 0 Å². The third-order valence-corrected chi connectivity index (χ3v) is 4.17. The van der Waals surface area contributed by atoms with Gasteiger partial charge in [0.2, 0.25) is 0 Å². The SMILES string of the molecule is CCCNc1nc(N)c(C(=O)NC(C)CC2CC2)s1. The average Bonchev–Trinajstić information content (AvgIpc) is 3.07. The predicted molar refractivity (Wildman–Crippen MR) is 79.6 cm³/mol. The summed E-state index contributed by atoms with van der Waals surface area (Å²) in [6, 6.07) is 0.202. The lowest BCUT2D eigenvalue weighted by atomic mass is 10.1. The predicted octanol–water partition coefficient (Wildman–Crippen LogP) is 2.47. The van der Waals surface area contributed by atoms with Crippen molar-refractivity contribution < 1.29 is 4.79 Å². The number of carbonyl (C=O) groups is 1. The van der Waals surface area contributed by atoms with Crippen LogP contribution in [0, 0.1) is 5.92 Å². The largest absolute Gasteiger partial charge is 0.382 e. The Bertz CT molecular complexity index is 442. The molecule has 0 bridgehead atoms. The van der Waals surface area contributed by atoms with Gasteiger partial charge in [-0.05, 0) is 25.7 Å². The molecule has 2 rings (SSSR count). The normalized spacial score (nSPS) is 16.1. The van der Waals surface area contributed by atoms with Gasteiger partial charge in [0.1, 0.15) is 10.7 Å². The topological polar surface area (TPSA) is 80.0 Å². The number of nitrogen functional groups attached to an aromatic ring is 1. The summed E-state index contributed by atoms with van der Waals surface area (Å²) in [6.07, 6.45) is 4.67. The summed E-state index contributed by atoms with van der Waals surface area (Å²) in [5.41, 5.74) is 5.80. The number of carbonyl (C=O) groups excluding carboxylic acids is 1. The molecule has 6 heteroatoms. The Morgan fingerprint density at radius 3 is 2.95 bits per heavy atom. The van der Waals surface area contributed by atoms with E-state index >= 15 is 0 Å². The van der Waals surface area contributed by atoms with Gasteiger partial charge in [0.05, 0.1) is 0 Å². The maximum atomic E-state index is 12.1. The average molecular weight is 282 g/mol. The maximum Gasteiger partial charge on any atom is 0.265 e. The van der Waals surface area contributed by atoms with E-state index in [1.807, 2.05) is 6.92 Å². The second kappa shape index (κ2) is 6.23. The minimum absolute atomic E-state index is 0.104. The number of nitrogens with two attached hydrogens (primary N) is 1. The van der Waals surface area contributed by atoms with Crippen LogP contribution in [0.3, 0.4) is 0 Å². The maximum absolute atomic E-state index is 12.1. The van der Waals surface area contributed by atoms with E-state index in [1.54, 1.807) is 0 Å². The molecular weight excluding hydrogens is 260 g/mol. The molecular formula is C13H22N4OS. The van der Waals surface area contributed by atoms with Crippen LogP contribution in [0.25, 0.3) is 0 Å². The van der Waals surface area contributed by atoms with Gasteiger partial charge in [0, 0.05) is 12.6 Å². The summed E-state index contributed by atoms with van der Waals surface area (Å²) in [5.74, 6) is 1.02. The molecule has 19 heavy (non-hydrogen) atoms. The van der Waals surface area contributed by atoms with Crippen molar-refractivity contribution in [3.05, 3.63) is 4.88 Å². The summed E-state index contributed by atoms with van der Waals surface area (Å²) in [4.78, 5) is 16.8. The number of rotatable bonds is 7. The van der Waals surface area contributed by atoms with Crippen molar-refractivity contribution in [3.8, 4) is 0 Å². The summed E-state index contributed by atoms with van der Waals surface area (Å²) in [6.45, 7) is 4.97. The second-order valence-electron chi connectivity index (χ2n) is 5.21. The molecule has 1 unspecified atom stereocenters. The van der Waals surface area contributed by atoms with E-state index in [-0.39, 0.29) is 11.9 Å². The molecule has 1 fully saturated rings. The molecule has 4 N–H and O–H groups in total. The molecule has 1 heterocycles. The Balaban J connectivity index is 1.91. The number of amides is 1. The Kier molecular flexibility index (Phi) is 4.63. The molecule has 0 saturated heterocycles. The van der Waals surface area contributed by atoms with Crippen molar-refractivity contribution >= 4 is 28.2 Å². The first-order chi connectivity index (χ1) is 9.10. The number of anilines is 2. The van der Waals surface area contributed by atoms with Gasteiger partial charge in [-0.3, -0.25) is 4.79 Å². The summed E-state index contributed by atoms with van der Waals surface area (Å²) in [5, 5.41) is 6.88. The fourth-order valence-electron chi connectivity index (χ4n) is 2.00. The first-order valence-electron chi connectivity index (χ1n) is 6.91. The molecule has 5 nitrogen and oxygen atoms in total. The van der Waals surface area contributed by atoms with Crippen molar-refractivity contribution in [3.63, 3.8) is 0 Å². The molecule has 1 saturated carbocycles. The van der Waals surface area contributed by atoms with E-state index < -0.39 is 0 Å². The van der Waals surface area contributed by atoms with Crippen molar-refractivity contribution in [2.45, 2.75) is 45.6 Å². The highest BCUT2D eigenvalue weighted by Crippen LogP contribution is 2.33. The van der Waals surface area contributed by atoms with E-state index in [2.05, 4.69) is 22.5 Å². The molecule has 1 atom stereocenters. The first-order valence-corrected chi connectivity index (χ1v) is 7.72. The second-order valence-corrected chi connectivity index (χ2v) is 6.21. The van der Waals surface area contributed by atoms with E-state index in [4.69, 9.17) is 5.73 Å². The number of nitrogens with one attached hydrogen (secondary N) is 2. The van der Waals surface area contributed by atoms with Gasteiger partial charge >= 0.3 is 0 Å². The smallest absolute Gasteiger partial charge is 0.265 e. The van der Waals surface area contributed by atoms with Crippen LogP contribution in [-0.4, -0.2) is 23.5 Å². The van der Waals surface area contributed by atoms with Crippen molar-refractivity contribution in [2.75, 3.05) is 17.6 Å². The van der Waals surface area contributed by atoms with E-state index in [0.717, 1.165) is 30.4 Å². The van der Waals surface area contributed by atoms with Crippen LogP contribution in [0.1, 0.15) is 49.2 Å². The first kappa shape index (κ1) is 14.1. The summed E-state index contributed by atoms with van der Waals surface area (Å²) in [7, 11) is 0. The fraction of sp³-hybridized carbons (Fsp3) is 0.692. The van der Waals surface area contributed by atoms with Gasteiger partial charge in [-0.15, -0.1) is 0 Å². The van der Waals surface area contributed by atoms with Gasteiger partial charge in [-0.2, -0.15) is 0 Å². The van der Waals surface area contributed by atoms with Gasteiger partial charge < -0.3 is 16.4 Å². The fourth-order valence-corrected chi connectivity index (χ4v) is 2.82. The molecule has 0 aliphatic heterocycles. The number of nitrogens with zero attached hydrogens (tertiary/aromatic N) is 1. The lowest BCUT2D eigenvalue weighted by Gasteiger charge is -2.12. The third-order valence-electron chi connectivity index (χ3n) is 3.15. The zero-order valence-electron chi connectivity index (χ0n) is 11.5. The van der Waals surface area contributed by atoms with Crippen LogP contribution in [0.2, 0.25) is 0 Å². The molecule has 1 aliphatic carbocycles. The quantitative estimate of drug-likeness (QED) is 0.717. The molecule has 1 amide bonds. The minimum atomic E-state index is -0.104. The van der Waals surface area contributed by atoms with Gasteiger partial charge in [0.15, 0.2) is 5.13 Å². The number of aromatic nitrogens is 1. The number of hydrogen-bond acceptors (Lipinski definition) is 5. The van der Waals surface area contributed by atoms with Crippen molar-refractivity contribution in [2.24, 2.45) is 5.92 Å². The Labute approximate surface area is 118 Å². The van der Waals surface area contributed by atoms with Gasteiger partial charge in [-0.1, -0.05) is 31.1 Å². The van der Waals surface area contributed by atoms with Crippen molar-refractivity contribution in [1.82, 2.24) is 10.3 Å². The molecule has 1 aromatic rings. The minimum Gasteiger partial charge on any atom is -0.382 e. The van der Waals surface area contributed by atoms with Crippen LogP contribution >= 0.6 is 11.3 Å². The monoisotopic (exact) mass is 282 g/mol.